The number of H-pyrrole nitrogens is 2. The number of carbonyl (C=O) groups excluding carboxylic acids is 2. The van der Waals surface area contributed by atoms with Crippen molar-refractivity contribution >= 4 is 50.0 Å². The summed E-state index contributed by atoms with van der Waals surface area (Å²) < 4.78 is 0.823. The van der Waals surface area contributed by atoms with Crippen LogP contribution in [0.5, 0.6) is 0 Å². The molecule has 2 aromatic heterocycles. The number of rotatable bonds is 7. The highest BCUT2D eigenvalue weighted by molar-refractivity contribution is 9.10. The van der Waals surface area contributed by atoms with Crippen LogP contribution in [-0.4, -0.2) is 37.4 Å². The Labute approximate surface area is 204 Å². The molecule has 2 amide bonds. The fourth-order valence-corrected chi connectivity index (χ4v) is 4.87. The Hall–Kier alpha value is -3.53. The summed E-state index contributed by atoms with van der Waals surface area (Å²) in [7, 11) is 0. The van der Waals surface area contributed by atoms with Crippen LogP contribution in [0.2, 0.25) is 0 Å². The van der Waals surface area contributed by atoms with Crippen molar-refractivity contribution in [3.05, 3.63) is 52.6 Å². The molecule has 34 heavy (non-hydrogen) atoms. The van der Waals surface area contributed by atoms with Crippen LogP contribution < -0.4 is 10.6 Å². The number of aromatic amines is 2. The van der Waals surface area contributed by atoms with Crippen molar-refractivity contribution < 1.29 is 9.59 Å². The number of benzene rings is 2. The molecule has 1 aliphatic carbocycles. The number of anilines is 2. The Kier molecular flexibility index (Phi) is 6.39. The Morgan fingerprint density at radius 3 is 2.71 bits per heavy atom. The first kappa shape index (κ1) is 22.3. The van der Waals surface area contributed by atoms with E-state index in [1.807, 2.05) is 30.3 Å². The molecule has 1 aliphatic rings. The molecule has 0 unspecified atom stereocenters. The number of para-hydroxylation sites is 1. The van der Waals surface area contributed by atoms with Crippen LogP contribution in [0.1, 0.15) is 49.0 Å². The van der Waals surface area contributed by atoms with Crippen LogP contribution in [0.25, 0.3) is 22.3 Å². The Morgan fingerprint density at radius 2 is 1.91 bits per heavy atom. The van der Waals surface area contributed by atoms with Gasteiger partial charge < -0.3 is 15.6 Å². The fourth-order valence-electron chi connectivity index (χ4n) is 4.51. The van der Waals surface area contributed by atoms with Crippen molar-refractivity contribution in [1.29, 1.82) is 0 Å². The van der Waals surface area contributed by atoms with Gasteiger partial charge in [-0.3, -0.25) is 9.59 Å². The molecule has 2 aromatic carbocycles. The first-order valence-electron chi connectivity index (χ1n) is 11.3. The molecule has 0 aliphatic heterocycles. The van der Waals surface area contributed by atoms with Gasteiger partial charge in [-0.1, -0.05) is 53.7 Å². The number of nitrogens with one attached hydrogen (secondary N) is 4. The minimum Gasteiger partial charge on any atom is -0.349 e. The number of carbonyl (C=O) groups is 2. The quantitative estimate of drug-likeness (QED) is 0.263. The maximum absolute atomic E-state index is 13.1. The molecule has 1 saturated carbocycles. The number of amides is 2. The van der Waals surface area contributed by atoms with E-state index >= 15 is 0 Å². The average Bonchev–Trinajstić information content (AvgIpc) is 3.60. The third-order valence-corrected chi connectivity index (χ3v) is 6.74. The predicted octanol–water partition coefficient (Wildman–Crippen LogP) is 5.27. The Balaban J connectivity index is 1.33. The summed E-state index contributed by atoms with van der Waals surface area (Å²) >= 11 is 3.43. The van der Waals surface area contributed by atoms with E-state index in [-0.39, 0.29) is 11.8 Å². The van der Waals surface area contributed by atoms with E-state index in [0.717, 1.165) is 21.8 Å². The van der Waals surface area contributed by atoms with E-state index in [4.69, 9.17) is 0 Å². The van der Waals surface area contributed by atoms with Crippen molar-refractivity contribution in [2.24, 2.45) is 5.92 Å². The Bertz CT molecular complexity index is 1330. The van der Waals surface area contributed by atoms with Crippen LogP contribution in [0.15, 0.2) is 46.9 Å². The second-order valence-corrected chi connectivity index (χ2v) is 9.49. The molecule has 0 bridgehead atoms. The molecule has 0 saturated heterocycles. The largest absolute Gasteiger partial charge is 0.349 e. The van der Waals surface area contributed by atoms with Crippen LogP contribution in [0.4, 0.5) is 11.4 Å². The summed E-state index contributed by atoms with van der Waals surface area (Å²) in [5, 5.41) is 20.8. The molecule has 0 radical (unpaired) electrons. The van der Waals surface area contributed by atoms with Gasteiger partial charge in [-0.05, 0) is 47.9 Å². The number of fused-ring (bicyclic) bond motifs is 1. The zero-order valence-corrected chi connectivity index (χ0v) is 20.0. The van der Waals surface area contributed by atoms with E-state index < -0.39 is 0 Å². The minimum absolute atomic E-state index is 0.000354. The molecule has 4 N–H and O–H groups in total. The summed E-state index contributed by atoms with van der Waals surface area (Å²) in [6.07, 6.45) is 6.44. The highest BCUT2D eigenvalue weighted by atomic mass is 79.9. The van der Waals surface area contributed by atoms with Crippen LogP contribution >= 0.6 is 15.9 Å². The van der Waals surface area contributed by atoms with Crippen molar-refractivity contribution in [2.45, 2.75) is 38.5 Å². The van der Waals surface area contributed by atoms with Gasteiger partial charge in [0.2, 0.25) is 11.7 Å². The van der Waals surface area contributed by atoms with Gasteiger partial charge >= 0.3 is 0 Å². The minimum atomic E-state index is -0.318. The van der Waals surface area contributed by atoms with Crippen molar-refractivity contribution in [1.82, 2.24) is 25.6 Å². The van der Waals surface area contributed by atoms with Crippen molar-refractivity contribution in [2.75, 3.05) is 10.6 Å². The fraction of sp³-hybridized carbons (Fsp3) is 0.292. The maximum Gasteiger partial charge on any atom is 0.272 e. The van der Waals surface area contributed by atoms with Gasteiger partial charge in [-0.2, -0.15) is 5.21 Å². The summed E-state index contributed by atoms with van der Waals surface area (Å²) in [5.41, 5.74) is 2.95. The standard InChI is InChI=1S/C24H24BrN7O2/c25-16-9-10-18(17(13-16)23-29-31-32-30-23)28-24(34)20-12-15-6-3-7-19(22(15)27-20)26-21(33)11-8-14-4-1-2-5-14/h3,6-7,9-10,12-14,27H,1-2,4-5,8,11H2,(H,26,33)(H,28,34)(H,29,30,31,32). The van der Waals surface area contributed by atoms with Crippen LogP contribution in [0, 0.1) is 5.92 Å². The number of hydrogen-bond donors (Lipinski definition) is 4. The molecule has 2 heterocycles. The van der Waals surface area contributed by atoms with Gasteiger partial charge in [0.15, 0.2) is 0 Å². The number of tetrazole rings is 1. The van der Waals surface area contributed by atoms with E-state index in [1.54, 1.807) is 12.1 Å². The second-order valence-electron chi connectivity index (χ2n) is 8.57. The second kappa shape index (κ2) is 9.76. The maximum atomic E-state index is 13.1. The predicted molar refractivity (Wildman–Crippen MR) is 133 cm³/mol. The van der Waals surface area contributed by atoms with Gasteiger partial charge in [0, 0.05) is 21.8 Å². The van der Waals surface area contributed by atoms with Crippen molar-refractivity contribution in [3.8, 4) is 11.4 Å². The highest BCUT2D eigenvalue weighted by Crippen LogP contribution is 2.31. The topological polar surface area (TPSA) is 128 Å². The van der Waals surface area contributed by atoms with Gasteiger partial charge in [0.05, 0.1) is 16.9 Å². The number of hydrogen-bond acceptors (Lipinski definition) is 5. The molecular formula is C24H24BrN7O2. The van der Waals surface area contributed by atoms with E-state index in [1.165, 1.54) is 25.7 Å². The molecule has 9 nitrogen and oxygen atoms in total. The average molecular weight is 522 g/mol. The molecule has 174 valence electrons. The van der Waals surface area contributed by atoms with Gasteiger partial charge in [0.25, 0.3) is 5.91 Å². The first-order chi connectivity index (χ1) is 16.6. The lowest BCUT2D eigenvalue weighted by Crippen LogP contribution is -2.14. The monoisotopic (exact) mass is 521 g/mol. The molecule has 0 spiro atoms. The van der Waals surface area contributed by atoms with Gasteiger partial charge in [-0.25, -0.2) is 0 Å². The lowest BCUT2D eigenvalue weighted by molar-refractivity contribution is -0.116. The highest BCUT2D eigenvalue weighted by Gasteiger charge is 2.18. The summed E-state index contributed by atoms with van der Waals surface area (Å²) in [4.78, 5) is 28.8. The SMILES string of the molecule is O=C(CCC1CCCC1)Nc1cccc2cc(C(=O)Nc3ccc(Br)cc3-c3nn[nH]n3)[nH]c12. The summed E-state index contributed by atoms with van der Waals surface area (Å²) in [5.74, 6) is 0.718. The van der Waals surface area contributed by atoms with E-state index in [9.17, 15) is 9.59 Å². The Morgan fingerprint density at radius 1 is 1.06 bits per heavy atom. The number of nitrogens with zero attached hydrogens (tertiary/aromatic N) is 3. The normalized spacial score (nSPS) is 13.9. The lowest BCUT2D eigenvalue weighted by Gasteiger charge is -2.10. The first-order valence-corrected chi connectivity index (χ1v) is 12.1. The molecule has 5 rings (SSSR count). The van der Waals surface area contributed by atoms with Crippen LogP contribution in [0.3, 0.4) is 0 Å². The smallest absolute Gasteiger partial charge is 0.272 e. The van der Waals surface area contributed by atoms with E-state index in [2.05, 4.69) is 52.2 Å². The zero-order valence-electron chi connectivity index (χ0n) is 18.4. The third-order valence-electron chi connectivity index (χ3n) is 6.25. The number of aromatic nitrogens is 5. The van der Waals surface area contributed by atoms with Crippen LogP contribution in [-0.2, 0) is 4.79 Å². The molecule has 10 heteroatoms. The molecular weight excluding hydrogens is 498 g/mol. The summed E-state index contributed by atoms with van der Waals surface area (Å²) in [6.45, 7) is 0. The zero-order chi connectivity index (χ0) is 23.5. The van der Waals surface area contributed by atoms with Crippen molar-refractivity contribution in [3.63, 3.8) is 0 Å². The molecule has 1 fully saturated rings. The molecule has 0 atom stereocenters. The lowest BCUT2D eigenvalue weighted by atomic mass is 10.0. The summed E-state index contributed by atoms with van der Waals surface area (Å²) in [6, 6.07) is 12.8. The van der Waals surface area contributed by atoms with E-state index in [0.29, 0.717) is 40.8 Å². The molecule has 4 aromatic rings. The van der Waals surface area contributed by atoms with Gasteiger partial charge in [0.1, 0.15) is 5.69 Å². The number of halogens is 1. The third kappa shape index (κ3) is 4.86. The van der Waals surface area contributed by atoms with Gasteiger partial charge in [-0.15, -0.1) is 10.2 Å².